The van der Waals surface area contributed by atoms with E-state index in [1.165, 1.54) is 43.4 Å². The summed E-state index contributed by atoms with van der Waals surface area (Å²) in [6.45, 7) is 2.91. The average molecular weight is 362 g/mol. The molecule has 2 aromatic rings. The van der Waals surface area contributed by atoms with Crippen molar-refractivity contribution in [2.45, 2.75) is 57.4 Å². The van der Waals surface area contributed by atoms with E-state index < -0.39 is 0 Å². The SMILES string of the molecule is c1nc(NC2CCCCCC2)c2cc(CNCC3OCCO3)sc2n1. The first kappa shape index (κ1) is 17.1. The highest BCUT2D eigenvalue weighted by atomic mass is 32.1. The largest absolute Gasteiger partial charge is 0.367 e. The average Bonchev–Trinajstić information content (AvgIpc) is 3.21. The molecule has 0 radical (unpaired) electrons. The van der Waals surface area contributed by atoms with Crippen LogP contribution in [0.25, 0.3) is 10.2 Å². The molecule has 1 saturated carbocycles. The lowest BCUT2D eigenvalue weighted by atomic mass is 10.1. The molecule has 4 rings (SSSR count). The summed E-state index contributed by atoms with van der Waals surface area (Å²) in [4.78, 5) is 11.3. The number of fused-ring (bicyclic) bond motifs is 1. The van der Waals surface area contributed by atoms with E-state index in [9.17, 15) is 0 Å². The highest BCUT2D eigenvalue weighted by Crippen LogP contribution is 2.30. The van der Waals surface area contributed by atoms with Crippen LogP contribution < -0.4 is 10.6 Å². The number of aromatic nitrogens is 2. The number of hydrogen-bond acceptors (Lipinski definition) is 7. The molecular formula is C18H26N4O2S. The molecule has 0 aromatic carbocycles. The Balaban J connectivity index is 1.40. The lowest BCUT2D eigenvalue weighted by molar-refractivity contribution is -0.0391. The molecule has 1 saturated heterocycles. The van der Waals surface area contributed by atoms with Crippen LogP contribution in [0.3, 0.4) is 0 Å². The van der Waals surface area contributed by atoms with Crippen molar-refractivity contribution in [1.29, 1.82) is 0 Å². The van der Waals surface area contributed by atoms with Crippen molar-refractivity contribution in [1.82, 2.24) is 15.3 Å². The van der Waals surface area contributed by atoms with Gasteiger partial charge in [-0.15, -0.1) is 11.3 Å². The molecule has 0 bridgehead atoms. The zero-order chi connectivity index (χ0) is 16.9. The van der Waals surface area contributed by atoms with Crippen LogP contribution in [0.4, 0.5) is 5.82 Å². The lowest BCUT2D eigenvalue weighted by Gasteiger charge is -2.17. The predicted molar refractivity (Wildman–Crippen MR) is 99.9 cm³/mol. The van der Waals surface area contributed by atoms with Crippen LogP contribution >= 0.6 is 11.3 Å². The highest BCUT2D eigenvalue weighted by molar-refractivity contribution is 7.18. The van der Waals surface area contributed by atoms with E-state index in [1.807, 2.05) is 0 Å². The van der Waals surface area contributed by atoms with Gasteiger partial charge in [0.25, 0.3) is 0 Å². The molecule has 1 aliphatic carbocycles. The first-order chi connectivity index (χ1) is 12.4. The summed E-state index contributed by atoms with van der Waals surface area (Å²) < 4.78 is 10.9. The Labute approximate surface area is 152 Å². The summed E-state index contributed by atoms with van der Waals surface area (Å²) in [5, 5.41) is 8.22. The standard InChI is InChI=1S/C18H26N4O2S/c1-2-4-6-13(5-3-1)22-17-15-9-14(25-18(15)21-12-20-17)10-19-11-16-23-7-8-24-16/h9,12-13,16,19H,1-8,10-11H2,(H,20,21,22). The molecule has 0 unspecified atom stereocenters. The van der Waals surface area contributed by atoms with Crippen molar-refractivity contribution in [2.24, 2.45) is 0 Å². The predicted octanol–water partition coefficient (Wildman–Crippen LogP) is 3.29. The molecular weight excluding hydrogens is 336 g/mol. The third-order valence-corrected chi connectivity index (χ3v) is 5.92. The highest BCUT2D eigenvalue weighted by Gasteiger charge is 2.17. The molecule has 25 heavy (non-hydrogen) atoms. The number of thiophene rings is 1. The quantitative estimate of drug-likeness (QED) is 0.769. The van der Waals surface area contributed by atoms with Crippen LogP contribution in [0.1, 0.15) is 43.4 Å². The zero-order valence-electron chi connectivity index (χ0n) is 14.5. The Hall–Kier alpha value is -1.28. The third kappa shape index (κ3) is 4.47. The van der Waals surface area contributed by atoms with Crippen LogP contribution in [0, 0.1) is 0 Å². The molecule has 0 amide bonds. The number of nitrogens with one attached hydrogen (secondary N) is 2. The molecule has 2 fully saturated rings. The van der Waals surface area contributed by atoms with Crippen molar-refractivity contribution >= 4 is 27.4 Å². The second kappa shape index (κ2) is 8.40. The molecule has 7 heteroatoms. The van der Waals surface area contributed by atoms with Crippen LogP contribution in [0.5, 0.6) is 0 Å². The molecule has 0 spiro atoms. The van der Waals surface area contributed by atoms with Crippen molar-refractivity contribution < 1.29 is 9.47 Å². The summed E-state index contributed by atoms with van der Waals surface area (Å²) in [5.41, 5.74) is 0. The Morgan fingerprint density at radius 1 is 1.08 bits per heavy atom. The third-order valence-electron chi connectivity index (χ3n) is 4.88. The molecule has 3 heterocycles. The van der Waals surface area contributed by atoms with Crippen LogP contribution in [0.15, 0.2) is 12.4 Å². The first-order valence-corrected chi connectivity index (χ1v) is 10.1. The van der Waals surface area contributed by atoms with Crippen molar-refractivity contribution in [3.05, 3.63) is 17.3 Å². The number of hydrogen-bond donors (Lipinski definition) is 2. The van der Waals surface area contributed by atoms with Gasteiger partial charge in [-0.3, -0.25) is 0 Å². The Bertz CT molecular complexity index is 679. The second-order valence-corrected chi connectivity index (χ2v) is 7.90. The van der Waals surface area contributed by atoms with Gasteiger partial charge in [-0.2, -0.15) is 0 Å². The minimum absolute atomic E-state index is 0.110. The van der Waals surface area contributed by atoms with E-state index >= 15 is 0 Å². The van der Waals surface area contributed by atoms with E-state index in [0.29, 0.717) is 25.8 Å². The van der Waals surface area contributed by atoms with Gasteiger partial charge in [0, 0.05) is 24.0 Å². The fourth-order valence-corrected chi connectivity index (χ4v) is 4.53. The molecule has 136 valence electrons. The summed E-state index contributed by atoms with van der Waals surface area (Å²) in [6.07, 6.45) is 9.40. The number of nitrogens with zero attached hydrogens (tertiary/aromatic N) is 2. The molecule has 2 N–H and O–H groups in total. The topological polar surface area (TPSA) is 68.3 Å². The van der Waals surface area contributed by atoms with Crippen LogP contribution in [-0.4, -0.2) is 42.1 Å². The maximum Gasteiger partial charge on any atom is 0.170 e. The monoisotopic (exact) mass is 362 g/mol. The minimum atomic E-state index is -0.110. The summed E-state index contributed by atoms with van der Waals surface area (Å²) in [5.74, 6) is 0.988. The Morgan fingerprint density at radius 3 is 2.68 bits per heavy atom. The fourth-order valence-electron chi connectivity index (χ4n) is 3.56. The number of anilines is 1. The molecule has 6 nitrogen and oxygen atoms in total. The fraction of sp³-hybridized carbons (Fsp3) is 0.667. The van der Waals surface area contributed by atoms with Crippen LogP contribution in [-0.2, 0) is 16.0 Å². The zero-order valence-corrected chi connectivity index (χ0v) is 15.3. The van der Waals surface area contributed by atoms with Gasteiger partial charge in [0.2, 0.25) is 0 Å². The summed E-state index contributed by atoms with van der Waals surface area (Å²) in [7, 11) is 0. The summed E-state index contributed by atoms with van der Waals surface area (Å²) >= 11 is 1.72. The van der Waals surface area contributed by atoms with Gasteiger partial charge in [0.1, 0.15) is 17.0 Å². The van der Waals surface area contributed by atoms with E-state index in [-0.39, 0.29) is 6.29 Å². The van der Waals surface area contributed by atoms with Gasteiger partial charge in [0.15, 0.2) is 6.29 Å². The van der Waals surface area contributed by atoms with Gasteiger partial charge < -0.3 is 20.1 Å². The van der Waals surface area contributed by atoms with E-state index in [4.69, 9.17) is 9.47 Å². The van der Waals surface area contributed by atoms with Gasteiger partial charge in [-0.1, -0.05) is 25.7 Å². The van der Waals surface area contributed by atoms with E-state index in [2.05, 4.69) is 26.7 Å². The van der Waals surface area contributed by atoms with Gasteiger partial charge >= 0.3 is 0 Å². The number of rotatable bonds is 6. The smallest absolute Gasteiger partial charge is 0.170 e. The normalized spacial score (nSPS) is 20.2. The molecule has 1 aliphatic heterocycles. The van der Waals surface area contributed by atoms with E-state index in [0.717, 1.165) is 22.6 Å². The first-order valence-electron chi connectivity index (χ1n) is 9.32. The van der Waals surface area contributed by atoms with Crippen molar-refractivity contribution in [3.63, 3.8) is 0 Å². The molecule has 2 aromatic heterocycles. The van der Waals surface area contributed by atoms with Gasteiger partial charge in [0.05, 0.1) is 18.6 Å². The molecule has 2 aliphatic rings. The number of ether oxygens (including phenoxy) is 2. The molecule has 0 atom stereocenters. The van der Waals surface area contributed by atoms with Gasteiger partial charge in [-0.25, -0.2) is 9.97 Å². The van der Waals surface area contributed by atoms with E-state index in [1.54, 1.807) is 17.7 Å². The van der Waals surface area contributed by atoms with Crippen molar-refractivity contribution in [3.8, 4) is 0 Å². The Morgan fingerprint density at radius 2 is 1.88 bits per heavy atom. The Kier molecular flexibility index (Phi) is 5.76. The maximum atomic E-state index is 5.45. The second-order valence-electron chi connectivity index (χ2n) is 6.79. The lowest BCUT2D eigenvalue weighted by Crippen LogP contribution is -2.26. The van der Waals surface area contributed by atoms with Gasteiger partial charge in [-0.05, 0) is 18.9 Å². The maximum absolute atomic E-state index is 5.45. The van der Waals surface area contributed by atoms with Crippen molar-refractivity contribution in [2.75, 3.05) is 25.1 Å². The van der Waals surface area contributed by atoms with Crippen LogP contribution in [0.2, 0.25) is 0 Å². The summed E-state index contributed by atoms with van der Waals surface area (Å²) in [6, 6.07) is 2.75. The minimum Gasteiger partial charge on any atom is -0.367 e.